The van der Waals surface area contributed by atoms with Crippen molar-refractivity contribution >= 4 is 18.6 Å². The van der Waals surface area contributed by atoms with Crippen LogP contribution in [0, 0.1) is 5.41 Å². The zero-order valence-electron chi connectivity index (χ0n) is 18.7. The van der Waals surface area contributed by atoms with E-state index in [1.165, 1.54) is 32.1 Å². The van der Waals surface area contributed by atoms with Crippen LogP contribution in [0.15, 0.2) is 0 Å². The Morgan fingerprint density at radius 3 is 1.65 bits per heavy atom. The SMILES string of the molecule is CC.CC(C)(C)[C@H](NC=O)C(=O)NCC=O.CCCCCCC.CNC. The second-order valence-corrected chi connectivity index (χ2v) is 6.56. The molecule has 1 atom stereocenters. The summed E-state index contributed by atoms with van der Waals surface area (Å²) in [4.78, 5) is 31.8. The van der Waals surface area contributed by atoms with Gasteiger partial charge in [0.05, 0.1) is 6.54 Å². The van der Waals surface area contributed by atoms with Gasteiger partial charge in [0.2, 0.25) is 12.3 Å². The van der Waals surface area contributed by atoms with Crippen molar-refractivity contribution in [2.45, 2.75) is 86.6 Å². The normalized spacial score (nSPS) is 10.3. The van der Waals surface area contributed by atoms with Gasteiger partial charge in [-0.05, 0) is 19.5 Å². The van der Waals surface area contributed by atoms with Gasteiger partial charge in [-0.1, -0.05) is 80.6 Å². The van der Waals surface area contributed by atoms with Crippen molar-refractivity contribution in [2.75, 3.05) is 20.6 Å². The molecule has 6 nitrogen and oxygen atoms in total. The Morgan fingerprint density at radius 2 is 1.38 bits per heavy atom. The molecule has 0 aliphatic heterocycles. The van der Waals surface area contributed by atoms with Crippen molar-refractivity contribution < 1.29 is 14.4 Å². The first-order valence-corrected chi connectivity index (χ1v) is 9.76. The van der Waals surface area contributed by atoms with E-state index in [1.807, 2.05) is 48.7 Å². The Bertz CT molecular complexity index is 299. The minimum atomic E-state index is -0.625. The molecule has 3 N–H and O–H groups in total. The first kappa shape index (κ1) is 32.3. The van der Waals surface area contributed by atoms with Gasteiger partial charge < -0.3 is 20.7 Å². The summed E-state index contributed by atoms with van der Waals surface area (Å²) in [7, 11) is 3.75. The van der Waals surface area contributed by atoms with Crippen molar-refractivity contribution in [1.29, 1.82) is 0 Å². The third-order valence-electron chi connectivity index (χ3n) is 2.93. The van der Waals surface area contributed by atoms with E-state index in [-0.39, 0.29) is 17.9 Å². The average molecular weight is 376 g/mol. The van der Waals surface area contributed by atoms with Gasteiger partial charge in [-0.2, -0.15) is 0 Å². The fourth-order valence-corrected chi connectivity index (χ4v) is 1.71. The lowest BCUT2D eigenvalue weighted by molar-refractivity contribution is -0.128. The summed E-state index contributed by atoms with van der Waals surface area (Å²) in [6.45, 7) is 13.9. The van der Waals surface area contributed by atoms with Gasteiger partial charge in [0, 0.05) is 0 Å². The molecule has 0 aromatic carbocycles. The maximum atomic E-state index is 11.4. The number of carbonyl (C=O) groups is 3. The van der Waals surface area contributed by atoms with Crippen LogP contribution in [-0.2, 0) is 14.4 Å². The lowest BCUT2D eigenvalue weighted by atomic mass is 9.86. The molecule has 0 radical (unpaired) electrons. The van der Waals surface area contributed by atoms with Crippen LogP contribution in [0.1, 0.15) is 80.6 Å². The Labute approximate surface area is 162 Å². The monoisotopic (exact) mass is 375 g/mol. The molecule has 0 unspecified atom stereocenters. The second-order valence-electron chi connectivity index (χ2n) is 6.56. The lowest BCUT2D eigenvalue weighted by Crippen LogP contribution is -2.51. The van der Waals surface area contributed by atoms with E-state index >= 15 is 0 Å². The molecular formula is C20H45N3O3. The van der Waals surface area contributed by atoms with E-state index in [2.05, 4.69) is 29.8 Å². The smallest absolute Gasteiger partial charge is 0.243 e. The first-order chi connectivity index (χ1) is 12.3. The van der Waals surface area contributed by atoms with Crippen LogP contribution in [0.3, 0.4) is 0 Å². The number of rotatable bonds is 9. The summed E-state index contributed by atoms with van der Waals surface area (Å²) in [5.74, 6) is -0.350. The molecule has 2 amide bonds. The maximum Gasteiger partial charge on any atom is 0.243 e. The minimum absolute atomic E-state index is 0.0358. The van der Waals surface area contributed by atoms with Crippen LogP contribution in [-0.4, -0.2) is 45.3 Å². The van der Waals surface area contributed by atoms with Crippen molar-refractivity contribution in [3.8, 4) is 0 Å². The molecule has 26 heavy (non-hydrogen) atoms. The Hall–Kier alpha value is -1.43. The van der Waals surface area contributed by atoms with Crippen molar-refractivity contribution in [3.63, 3.8) is 0 Å². The second kappa shape index (κ2) is 25.8. The summed E-state index contributed by atoms with van der Waals surface area (Å²) < 4.78 is 0. The molecule has 0 spiro atoms. The number of nitrogens with one attached hydrogen (secondary N) is 3. The van der Waals surface area contributed by atoms with Crippen LogP contribution in [0.5, 0.6) is 0 Å². The van der Waals surface area contributed by atoms with Crippen molar-refractivity contribution in [1.82, 2.24) is 16.0 Å². The van der Waals surface area contributed by atoms with Crippen LogP contribution in [0.2, 0.25) is 0 Å². The van der Waals surface area contributed by atoms with Crippen LogP contribution >= 0.6 is 0 Å². The fraction of sp³-hybridized carbons (Fsp3) is 0.850. The third-order valence-corrected chi connectivity index (χ3v) is 2.93. The van der Waals surface area contributed by atoms with Gasteiger partial charge in [-0.15, -0.1) is 0 Å². The summed E-state index contributed by atoms with van der Waals surface area (Å²) in [6, 6.07) is -0.625. The predicted octanol–water partition coefficient (Wildman–Crippen LogP) is 3.30. The van der Waals surface area contributed by atoms with E-state index in [1.54, 1.807) is 0 Å². The molecular weight excluding hydrogens is 330 g/mol. The fourth-order valence-electron chi connectivity index (χ4n) is 1.71. The highest BCUT2D eigenvalue weighted by atomic mass is 16.2. The molecule has 0 rings (SSSR count). The summed E-state index contributed by atoms with van der Waals surface area (Å²) in [5.41, 5.74) is -0.381. The summed E-state index contributed by atoms with van der Waals surface area (Å²) >= 11 is 0. The highest BCUT2D eigenvalue weighted by Crippen LogP contribution is 2.18. The zero-order valence-corrected chi connectivity index (χ0v) is 18.7. The largest absolute Gasteiger partial charge is 0.348 e. The van der Waals surface area contributed by atoms with Crippen LogP contribution < -0.4 is 16.0 Å². The highest BCUT2D eigenvalue weighted by molar-refractivity contribution is 5.85. The highest BCUT2D eigenvalue weighted by Gasteiger charge is 2.30. The van der Waals surface area contributed by atoms with Crippen molar-refractivity contribution in [3.05, 3.63) is 0 Å². The molecule has 0 saturated carbocycles. The minimum Gasteiger partial charge on any atom is -0.348 e. The first-order valence-electron chi connectivity index (χ1n) is 9.76. The lowest BCUT2D eigenvalue weighted by Gasteiger charge is -2.28. The molecule has 0 saturated heterocycles. The summed E-state index contributed by atoms with van der Waals surface area (Å²) in [5, 5.41) is 7.57. The topological polar surface area (TPSA) is 87.3 Å². The Kier molecular flexibility index (Phi) is 32.0. The molecule has 0 aromatic rings. The zero-order chi connectivity index (χ0) is 21.4. The number of hydrogen-bond donors (Lipinski definition) is 3. The molecule has 0 aliphatic carbocycles. The molecule has 158 valence electrons. The van der Waals surface area contributed by atoms with E-state index in [0.717, 1.165) is 0 Å². The molecule has 0 heterocycles. The van der Waals surface area contributed by atoms with Gasteiger partial charge in [0.1, 0.15) is 12.3 Å². The van der Waals surface area contributed by atoms with E-state index in [0.29, 0.717) is 12.7 Å². The van der Waals surface area contributed by atoms with Gasteiger partial charge in [0.15, 0.2) is 0 Å². The molecule has 0 aliphatic rings. The predicted molar refractivity (Wildman–Crippen MR) is 112 cm³/mol. The molecule has 0 aromatic heterocycles. The third kappa shape index (κ3) is 27.4. The average Bonchev–Trinajstić information content (AvgIpc) is 2.60. The van der Waals surface area contributed by atoms with Crippen LogP contribution in [0.25, 0.3) is 0 Å². The van der Waals surface area contributed by atoms with E-state index in [9.17, 15) is 14.4 Å². The molecule has 0 bridgehead atoms. The maximum absolute atomic E-state index is 11.4. The van der Waals surface area contributed by atoms with Gasteiger partial charge in [-0.25, -0.2) is 0 Å². The number of hydrogen-bond acceptors (Lipinski definition) is 4. The molecule has 6 heteroatoms. The number of aldehydes is 1. The van der Waals surface area contributed by atoms with E-state index in [4.69, 9.17) is 0 Å². The van der Waals surface area contributed by atoms with Gasteiger partial charge in [0.25, 0.3) is 0 Å². The standard InChI is InChI=1S/C9H16N2O3.C7H16.C2H7N.C2H6/c1-9(2,3)7(11-6-13)8(14)10-4-5-12;1-3-5-7-6-4-2;1-3-2;1-2/h5-7H,4H2,1-3H3,(H,10,14)(H,11,13);3-7H2,1-2H3;3H,1-2H3;1-2H3/t7-;;;/m1.../s1. The van der Waals surface area contributed by atoms with Crippen molar-refractivity contribution in [2.24, 2.45) is 5.41 Å². The van der Waals surface area contributed by atoms with Gasteiger partial charge >= 0.3 is 0 Å². The number of amides is 2. The van der Waals surface area contributed by atoms with Crippen LogP contribution in [0.4, 0.5) is 0 Å². The Balaban J connectivity index is -0.000000168. The molecule has 0 fully saturated rings. The quantitative estimate of drug-likeness (QED) is 0.426. The van der Waals surface area contributed by atoms with E-state index < -0.39 is 6.04 Å². The summed E-state index contributed by atoms with van der Waals surface area (Å²) in [6.07, 6.45) is 8.09. The Morgan fingerprint density at radius 1 is 0.962 bits per heavy atom. The number of carbonyl (C=O) groups excluding carboxylic acids is 3. The number of unbranched alkanes of at least 4 members (excludes halogenated alkanes) is 4. The van der Waals surface area contributed by atoms with Gasteiger partial charge in [-0.3, -0.25) is 9.59 Å².